The average Bonchev–Trinajstić information content (AvgIpc) is 3.25. The van der Waals surface area contributed by atoms with E-state index in [1.807, 2.05) is 109 Å². The van der Waals surface area contributed by atoms with Gasteiger partial charge in [-0.3, -0.25) is 0 Å². The fourth-order valence-corrected chi connectivity index (χ4v) is 6.44. The molecule has 0 spiro atoms. The van der Waals surface area contributed by atoms with Crippen LogP contribution in [0.5, 0.6) is 23.0 Å². The number of benzene rings is 8. The van der Waals surface area contributed by atoms with E-state index in [4.69, 9.17) is 14.2 Å². The van der Waals surface area contributed by atoms with Gasteiger partial charge in [0, 0.05) is 52.3 Å². The van der Waals surface area contributed by atoms with Gasteiger partial charge >= 0.3 is 0 Å². The Labute approximate surface area is 322 Å². The lowest BCUT2D eigenvalue weighted by atomic mass is 10.1. The summed E-state index contributed by atoms with van der Waals surface area (Å²) in [7, 11) is 0. The maximum atomic E-state index is 6.50. The monoisotopic (exact) mass is 716 g/mol. The number of ether oxygens (including phenoxy) is 3. The van der Waals surface area contributed by atoms with Gasteiger partial charge in [0.1, 0.15) is 36.2 Å². The van der Waals surface area contributed by atoms with Crippen LogP contribution in [0, 0.1) is 0 Å². The minimum atomic E-state index is 0.496. The van der Waals surface area contributed by atoms with Crippen molar-refractivity contribution >= 4 is 34.1 Å². The van der Waals surface area contributed by atoms with Gasteiger partial charge in [0.15, 0.2) is 0 Å². The van der Waals surface area contributed by atoms with E-state index < -0.39 is 0 Å². The number of anilines is 6. The van der Waals surface area contributed by atoms with E-state index in [2.05, 4.69) is 119 Å². The molecule has 0 amide bonds. The van der Waals surface area contributed by atoms with Gasteiger partial charge in [-0.05, 0) is 96.1 Å². The molecule has 0 saturated heterocycles. The highest BCUT2D eigenvalue weighted by Crippen LogP contribution is 2.40. The van der Waals surface area contributed by atoms with E-state index in [9.17, 15) is 0 Å². The summed E-state index contributed by atoms with van der Waals surface area (Å²) in [4.78, 5) is 4.43. The average molecular weight is 717 g/mol. The largest absolute Gasteiger partial charge is 0.489 e. The van der Waals surface area contributed by atoms with Crippen LogP contribution in [0.15, 0.2) is 218 Å². The minimum absolute atomic E-state index is 0.496. The zero-order valence-corrected chi connectivity index (χ0v) is 30.3. The third-order valence-corrected chi connectivity index (χ3v) is 9.08. The first kappa shape index (κ1) is 34.8. The summed E-state index contributed by atoms with van der Waals surface area (Å²) >= 11 is 0. The number of hydrogen-bond acceptors (Lipinski definition) is 5. The molecule has 8 rings (SSSR count). The van der Waals surface area contributed by atoms with Crippen molar-refractivity contribution in [2.24, 2.45) is 0 Å². The molecule has 0 atom stereocenters. The van der Waals surface area contributed by atoms with Crippen molar-refractivity contribution < 1.29 is 14.2 Å². The van der Waals surface area contributed by atoms with Crippen molar-refractivity contribution in [2.75, 3.05) is 9.80 Å². The van der Waals surface area contributed by atoms with E-state index >= 15 is 0 Å². The van der Waals surface area contributed by atoms with E-state index in [0.717, 1.165) is 68.2 Å². The lowest BCUT2D eigenvalue weighted by Crippen LogP contribution is -2.10. The van der Waals surface area contributed by atoms with Gasteiger partial charge in [0.2, 0.25) is 0 Å². The molecule has 8 aromatic carbocycles. The third kappa shape index (κ3) is 8.87. The van der Waals surface area contributed by atoms with Crippen molar-refractivity contribution in [3.63, 3.8) is 0 Å². The van der Waals surface area contributed by atoms with Crippen molar-refractivity contribution in [3.8, 4) is 23.0 Å². The first-order chi connectivity index (χ1) is 27.2. The highest BCUT2D eigenvalue weighted by atomic mass is 16.5. The molecule has 0 aromatic heterocycles. The summed E-state index contributed by atoms with van der Waals surface area (Å²) in [6.45, 7) is 0.998. The van der Waals surface area contributed by atoms with Crippen LogP contribution in [0.4, 0.5) is 34.1 Å². The van der Waals surface area contributed by atoms with E-state index in [1.54, 1.807) is 0 Å². The summed E-state index contributed by atoms with van der Waals surface area (Å²) in [5.74, 6) is 3.06. The van der Waals surface area contributed by atoms with Crippen molar-refractivity contribution in [1.29, 1.82) is 0 Å². The predicted molar refractivity (Wildman–Crippen MR) is 224 cm³/mol. The molecule has 0 fully saturated rings. The third-order valence-electron chi connectivity index (χ3n) is 9.08. The van der Waals surface area contributed by atoms with Gasteiger partial charge in [-0.25, -0.2) is 0 Å². The molecule has 268 valence electrons. The Hall–Kier alpha value is -7.24. The lowest BCUT2D eigenvalue weighted by molar-refractivity contribution is 0.306. The van der Waals surface area contributed by atoms with Gasteiger partial charge < -0.3 is 24.0 Å². The molecule has 0 N–H and O–H groups in total. The minimum Gasteiger partial charge on any atom is -0.489 e. The van der Waals surface area contributed by atoms with E-state index in [1.165, 1.54) is 0 Å². The Morgan fingerprint density at radius 3 is 1.07 bits per heavy atom. The van der Waals surface area contributed by atoms with Crippen LogP contribution in [0.25, 0.3) is 0 Å². The zero-order chi connectivity index (χ0) is 37.1. The summed E-state index contributed by atoms with van der Waals surface area (Å²) in [6, 6.07) is 73.8. The van der Waals surface area contributed by atoms with Crippen LogP contribution in [-0.2, 0) is 13.2 Å². The Balaban J connectivity index is 1.03. The van der Waals surface area contributed by atoms with Crippen molar-refractivity contribution in [2.45, 2.75) is 13.2 Å². The highest BCUT2D eigenvalue weighted by Gasteiger charge is 2.16. The second kappa shape index (κ2) is 17.1. The summed E-state index contributed by atoms with van der Waals surface area (Å²) in [5.41, 5.74) is 8.25. The molecular weight excluding hydrogens is 677 g/mol. The summed E-state index contributed by atoms with van der Waals surface area (Å²) in [5, 5.41) is 0. The van der Waals surface area contributed by atoms with Crippen molar-refractivity contribution in [3.05, 3.63) is 230 Å². The maximum absolute atomic E-state index is 6.50. The molecule has 0 unspecified atom stereocenters. The topological polar surface area (TPSA) is 34.2 Å². The Bertz CT molecular complexity index is 2410. The number of nitrogens with zero attached hydrogens (tertiary/aromatic N) is 2. The summed E-state index contributed by atoms with van der Waals surface area (Å²) < 4.78 is 18.9. The molecule has 0 heterocycles. The first-order valence-electron chi connectivity index (χ1n) is 18.4. The maximum Gasteiger partial charge on any atom is 0.129 e. The fourth-order valence-electron chi connectivity index (χ4n) is 6.44. The van der Waals surface area contributed by atoms with Crippen LogP contribution in [0.3, 0.4) is 0 Å². The standard InChI is InChI=1S/C50H40N2O3/c1-5-16-39(17-6-1)37-53-48-27-13-24-44(34-48)51(41-20-9-3-10-21-41)43-30-32-47(33-31-43)55-50-29-15-26-46(36-50)52(42-22-11-4-12-23-42)45-25-14-28-49(35-45)54-38-40-18-7-2-8-19-40/h1-36H,37-38H2. The first-order valence-corrected chi connectivity index (χ1v) is 18.4. The quantitative estimate of drug-likeness (QED) is 0.112. The van der Waals surface area contributed by atoms with Crippen LogP contribution in [0.1, 0.15) is 11.1 Å². The Kier molecular flexibility index (Phi) is 10.8. The predicted octanol–water partition coefficient (Wildman–Crippen LogP) is 13.6. The number of rotatable bonds is 14. The normalized spacial score (nSPS) is 10.7. The van der Waals surface area contributed by atoms with Crippen LogP contribution < -0.4 is 24.0 Å². The second-order valence-corrected chi connectivity index (χ2v) is 13.0. The second-order valence-electron chi connectivity index (χ2n) is 13.0. The van der Waals surface area contributed by atoms with Crippen LogP contribution in [-0.4, -0.2) is 0 Å². The summed E-state index contributed by atoms with van der Waals surface area (Å²) in [6.07, 6.45) is 0. The van der Waals surface area contributed by atoms with Crippen LogP contribution in [0.2, 0.25) is 0 Å². The smallest absolute Gasteiger partial charge is 0.129 e. The van der Waals surface area contributed by atoms with E-state index in [-0.39, 0.29) is 0 Å². The molecule has 8 aromatic rings. The number of para-hydroxylation sites is 2. The van der Waals surface area contributed by atoms with Gasteiger partial charge in [0.05, 0.1) is 0 Å². The SMILES string of the molecule is c1ccc(COc2cccc(N(c3ccccc3)c3ccc(Oc4cccc(N(c5ccccc5)c5cccc(OCc6ccccc6)c5)c4)cc3)c2)cc1. The molecule has 0 aliphatic rings. The zero-order valence-electron chi connectivity index (χ0n) is 30.3. The highest BCUT2D eigenvalue weighted by molar-refractivity contribution is 5.79. The fraction of sp³-hybridized carbons (Fsp3) is 0.0400. The Morgan fingerprint density at radius 1 is 0.273 bits per heavy atom. The Morgan fingerprint density at radius 2 is 0.618 bits per heavy atom. The van der Waals surface area contributed by atoms with Gasteiger partial charge in [-0.15, -0.1) is 0 Å². The molecular formula is C50H40N2O3. The van der Waals surface area contributed by atoms with Gasteiger partial charge in [-0.1, -0.05) is 115 Å². The van der Waals surface area contributed by atoms with Gasteiger partial charge in [0.25, 0.3) is 0 Å². The number of hydrogen-bond donors (Lipinski definition) is 0. The molecule has 0 aliphatic carbocycles. The molecule has 0 aliphatic heterocycles. The molecule has 0 radical (unpaired) electrons. The molecule has 5 heteroatoms. The van der Waals surface area contributed by atoms with Crippen molar-refractivity contribution in [1.82, 2.24) is 0 Å². The molecule has 0 saturated carbocycles. The lowest BCUT2D eigenvalue weighted by Gasteiger charge is -2.26. The van der Waals surface area contributed by atoms with Crippen LogP contribution >= 0.6 is 0 Å². The molecule has 0 bridgehead atoms. The molecule has 5 nitrogen and oxygen atoms in total. The van der Waals surface area contributed by atoms with E-state index in [0.29, 0.717) is 13.2 Å². The molecule has 55 heavy (non-hydrogen) atoms. The van der Waals surface area contributed by atoms with Gasteiger partial charge in [-0.2, -0.15) is 0 Å².